The summed E-state index contributed by atoms with van der Waals surface area (Å²) in [5, 5.41) is 19.5. The standard InChI is InChI=1S/C13H19NO4S/c1-10-3-5-11(6-4-10)19(17,18)14-8-7-13(2,16)12(14)9-15/h3-6,12,15-16H,7-9H2,1-2H3/t12-,13-/m1/s1. The zero-order valence-electron chi connectivity index (χ0n) is 11.1. The maximum Gasteiger partial charge on any atom is 0.243 e. The van der Waals surface area contributed by atoms with Gasteiger partial charge in [-0.05, 0) is 32.4 Å². The van der Waals surface area contributed by atoms with Gasteiger partial charge in [-0.25, -0.2) is 8.42 Å². The van der Waals surface area contributed by atoms with Crippen molar-refractivity contribution in [2.45, 2.75) is 36.8 Å². The fourth-order valence-electron chi connectivity index (χ4n) is 2.39. The molecule has 0 radical (unpaired) electrons. The molecule has 1 aromatic carbocycles. The lowest BCUT2D eigenvalue weighted by Crippen LogP contribution is -2.47. The van der Waals surface area contributed by atoms with Crippen molar-refractivity contribution in [2.75, 3.05) is 13.2 Å². The second-order valence-electron chi connectivity index (χ2n) is 5.23. The van der Waals surface area contributed by atoms with E-state index < -0.39 is 28.3 Å². The smallest absolute Gasteiger partial charge is 0.243 e. The first-order valence-electron chi connectivity index (χ1n) is 6.21. The molecular weight excluding hydrogens is 266 g/mol. The Kier molecular flexibility index (Phi) is 3.70. The second kappa shape index (κ2) is 4.86. The molecule has 1 aliphatic rings. The molecule has 0 aromatic heterocycles. The topological polar surface area (TPSA) is 77.8 Å². The molecule has 106 valence electrons. The molecule has 0 bridgehead atoms. The van der Waals surface area contributed by atoms with Crippen LogP contribution in [-0.4, -0.2) is 47.7 Å². The highest BCUT2D eigenvalue weighted by Gasteiger charge is 2.47. The lowest BCUT2D eigenvalue weighted by Gasteiger charge is -2.29. The summed E-state index contributed by atoms with van der Waals surface area (Å²) < 4.78 is 26.2. The van der Waals surface area contributed by atoms with E-state index in [9.17, 15) is 18.6 Å². The van der Waals surface area contributed by atoms with E-state index in [-0.39, 0.29) is 11.4 Å². The van der Waals surface area contributed by atoms with Crippen LogP contribution < -0.4 is 0 Å². The molecule has 1 aliphatic heterocycles. The number of aliphatic hydroxyl groups excluding tert-OH is 1. The molecule has 0 spiro atoms. The van der Waals surface area contributed by atoms with Gasteiger partial charge < -0.3 is 10.2 Å². The lowest BCUT2D eigenvalue weighted by molar-refractivity contribution is 0.0118. The largest absolute Gasteiger partial charge is 0.395 e. The summed E-state index contributed by atoms with van der Waals surface area (Å²) in [6, 6.07) is 5.77. The Hall–Kier alpha value is -0.950. The Labute approximate surface area is 113 Å². The maximum atomic E-state index is 12.5. The first kappa shape index (κ1) is 14.5. The Balaban J connectivity index is 2.38. The summed E-state index contributed by atoms with van der Waals surface area (Å²) in [5.74, 6) is 0. The van der Waals surface area contributed by atoms with Crippen molar-refractivity contribution in [2.24, 2.45) is 0 Å². The fourth-order valence-corrected chi connectivity index (χ4v) is 4.10. The number of benzene rings is 1. The van der Waals surface area contributed by atoms with Gasteiger partial charge in [0.2, 0.25) is 10.0 Å². The minimum Gasteiger partial charge on any atom is -0.395 e. The van der Waals surface area contributed by atoms with Gasteiger partial charge in [0.25, 0.3) is 0 Å². The van der Waals surface area contributed by atoms with Crippen molar-refractivity contribution in [3.8, 4) is 0 Å². The number of hydrogen-bond acceptors (Lipinski definition) is 4. The third-order valence-electron chi connectivity index (χ3n) is 3.70. The van der Waals surface area contributed by atoms with Gasteiger partial charge in [-0.3, -0.25) is 0 Å². The van der Waals surface area contributed by atoms with Crippen LogP contribution in [0, 0.1) is 6.92 Å². The Bertz CT molecular complexity index is 551. The van der Waals surface area contributed by atoms with Gasteiger partial charge in [-0.1, -0.05) is 17.7 Å². The summed E-state index contributed by atoms with van der Waals surface area (Å²) in [5.41, 5.74) is -0.210. The second-order valence-corrected chi connectivity index (χ2v) is 7.12. The molecule has 1 fully saturated rings. The van der Waals surface area contributed by atoms with Gasteiger partial charge in [0, 0.05) is 6.54 Å². The molecule has 1 saturated heterocycles. The van der Waals surface area contributed by atoms with Crippen LogP contribution >= 0.6 is 0 Å². The van der Waals surface area contributed by atoms with E-state index in [0.717, 1.165) is 5.56 Å². The number of sulfonamides is 1. The Morgan fingerprint density at radius 2 is 1.95 bits per heavy atom. The summed E-state index contributed by atoms with van der Waals surface area (Å²) in [4.78, 5) is 0.189. The van der Waals surface area contributed by atoms with Gasteiger partial charge in [-0.2, -0.15) is 4.31 Å². The van der Waals surface area contributed by atoms with E-state index in [2.05, 4.69) is 0 Å². The average Bonchev–Trinajstić information content (AvgIpc) is 2.65. The van der Waals surface area contributed by atoms with Crippen LogP contribution in [-0.2, 0) is 10.0 Å². The van der Waals surface area contributed by atoms with Crippen LogP contribution in [0.3, 0.4) is 0 Å². The van der Waals surface area contributed by atoms with Gasteiger partial charge in [-0.15, -0.1) is 0 Å². The monoisotopic (exact) mass is 285 g/mol. The normalized spacial score (nSPS) is 28.7. The van der Waals surface area contributed by atoms with E-state index >= 15 is 0 Å². The molecular formula is C13H19NO4S. The lowest BCUT2D eigenvalue weighted by atomic mass is 9.98. The molecule has 2 rings (SSSR count). The molecule has 5 nitrogen and oxygen atoms in total. The molecule has 19 heavy (non-hydrogen) atoms. The van der Waals surface area contributed by atoms with Crippen molar-refractivity contribution >= 4 is 10.0 Å². The fraction of sp³-hybridized carbons (Fsp3) is 0.538. The molecule has 1 heterocycles. The Morgan fingerprint density at radius 1 is 1.37 bits per heavy atom. The van der Waals surface area contributed by atoms with E-state index in [1.54, 1.807) is 31.2 Å². The number of aryl methyl sites for hydroxylation is 1. The molecule has 0 unspecified atom stereocenters. The third kappa shape index (κ3) is 2.53. The van der Waals surface area contributed by atoms with Crippen molar-refractivity contribution < 1.29 is 18.6 Å². The zero-order valence-corrected chi connectivity index (χ0v) is 11.9. The number of aliphatic hydroxyl groups is 2. The first-order valence-corrected chi connectivity index (χ1v) is 7.65. The van der Waals surface area contributed by atoms with Gasteiger partial charge in [0.15, 0.2) is 0 Å². The van der Waals surface area contributed by atoms with Crippen LogP contribution in [0.15, 0.2) is 29.2 Å². The summed E-state index contributed by atoms with van der Waals surface area (Å²) in [6.45, 7) is 3.26. The summed E-state index contributed by atoms with van der Waals surface area (Å²) in [7, 11) is -3.67. The van der Waals surface area contributed by atoms with E-state index in [4.69, 9.17) is 0 Å². The predicted octanol–water partition coefficient (Wildman–Crippen LogP) is 0.501. The highest BCUT2D eigenvalue weighted by Crippen LogP contribution is 2.32. The van der Waals surface area contributed by atoms with Crippen molar-refractivity contribution in [1.29, 1.82) is 0 Å². The third-order valence-corrected chi connectivity index (χ3v) is 5.63. The van der Waals surface area contributed by atoms with Gasteiger partial charge in [0.1, 0.15) is 0 Å². The quantitative estimate of drug-likeness (QED) is 0.848. The maximum absolute atomic E-state index is 12.5. The van der Waals surface area contributed by atoms with Gasteiger partial charge in [0.05, 0.1) is 23.1 Å². The minimum absolute atomic E-state index is 0.189. The van der Waals surface area contributed by atoms with Crippen LogP contribution in [0.4, 0.5) is 0 Å². The molecule has 0 aliphatic carbocycles. The highest BCUT2D eigenvalue weighted by molar-refractivity contribution is 7.89. The molecule has 2 N–H and O–H groups in total. The highest BCUT2D eigenvalue weighted by atomic mass is 32.2. The van der Waals surface area contributed by atoms with E-state index in [1.165, 1.54) is 4.31 Å². The van der Waals surface area contributed by atoms with Crippen molar-refractivity contribution in [3.63, 3.8) is 0 Å². The minimum atomic E-state index is -3.67. The zero-order chi connectivity index (χ0) is 14.3. The van der Waals surface area contributed by atoms with E-state index in [1.807, 2.05) is 6.92 Å². The number of hydrogen-bond donors (Lipinski definition) is 2. The summed E-state index contributed by atoms with van der Waals surface area (Å²) >= 11 is 0. The molecule has 0 saturated carbocycles. The SMILES string of the molecule is Cc1ccc(S(=O)(=O)N2CC[C@@](C)(O)[C@H]2CO)cc1. The first-order chi connectivity index (χ1) is 8.79. The summed E-state index contributed by atoms with van der Waals surface area (Å²) in [6.07, 6.45) is 0.323. The average molecular weight is 285 g/mol. The molecule has 0 amide bonds. The van der Waals surface area contributed by atoms with Crippen molar-refractivity contribution in [1.82, 2.24) is 4.31 Å². The number of rotatable bonds is 3. The van der Waals surface area contributed by atoms with Crippen LogP contribution in [0.2, 0.25) is 0 Å². The molecule has 2 atom stereocenters. The van der Waals surface area contributed by atoms with Crippen LogP contribution in [0.1, 0.15) is 18.9 Å². The van der Waals surface area contributed by atoms with Gasteiger partial charge >= 0.3 is 0 Å². The van der Waals surface area contributed by atoms with Crippen LogP contribution in [0.25, 0.3) is 0 Å². The molecule has 6 heteroatoms. The Morgan fingerprint density at radius 3 is 2.47 bits per heavy atom. The van der Waals surface area contributed by atoms with Crippen molar-refractivity contribution in [3.05, 3.63) is 29.8 Å². The predicted molar refractivity (Wildman–Crippen MR) is 71.2 cm³/mol. The molecule has 1 aromatic rings. The number of nitrogens with zero attached hydrogens (tertiary/aromatic N) is 1. The van der Waals surface area contributed by atoms with E-state index in [0.29, 0.717) is 6.42 Å². The van der Waals surface area contributed by atoms with Crippen LogP contribution in [0.5, 0.6) is 0 Å².